The molecule has 5 nitrogen and oxygen atoms in total. The summed E-state index contributed by atoms with van der Waals surface area (Å²) in [5, 5.41) is 10.4. The number of allylic oxidation sites excluding steroid dienone is 1. The van der Waals surface area contributed by atoms with Crippen LogP contribution in [0.3, 0.4) is 0 Å². The van der Waals surface area contributed by atoms with E-state index in [0.717, 1.165) is 37.6 Å². The second-order valence-corrected chi connectivity index (χ2v) is 6.33. The Morgan fingerprint density at radius 2 is 1.85 bits per heavy atom. The lowest BCUT2D eigenvalue weighted by molar-refractivity contribution is -0.908. The van der Waals surface area contributed by atoms with E-state index in [1.54, 1.807) is 7.11 Å². The molecule has 2 N–H and O–H groups in total. The largest absolute Gasteiger partial charge is 0.506 e. The topological polar surface area (TPSA) is 49.5 Å². The summed E-state index contributed by atoms with van der Waals surface area (Å²) >= 11 is 0. The number of rotatable bonds is 8. The first-order chi connectivity index (χ1) is 12.6. The standard InChI is InChI=1S/C21H31N3O2/c1-6-23(7-2)16-10-12-18(20(25)14-16)22-19-13-11-17(15-21(19)26-5)24(8-3)9-4/h10-16,25H,6-9H2,1-5H3/p+1. The summed E-state index contributed by atoms with van der Waals surface area (Å²) in [5.41, 5.74) is 2.40. The van der Waals surface area contributed by atoms with Crippen molar-refractivity contribution in [2.45, 2.75) is 33.7 Å². The Bertz CT molecular complexity index is 686. The maximum atomic E-state index is 10.4. The summed E-state index contributed by atoms with van der Waals surface area (Å²) in [6.07, 6.45) is 5.90. The van der Waals surface area contributed by atoms with E-state index in [4.69, 9.17) is 4.74 Å². The second kappa shape index (κ2) is 9.43. The van der Waals surface area contributed by atoms with Crippen LogP contribution in [0.15, 0.2) is 47.2 Å². The fourth-order valence-electron chi connectivity index (χ4n) is 3.33. The Kier molecular flexibility index (Phi) is 7.27. The number of nitrogens with one attached hydrogen (secondary N) is 1. The molecular formula is C21H32N3O2+. The number of aliphatic hydroxyl groups is 1. The molecule has 1 aliphatic rings. The van der Waals surface area contributed by atoms with E-state index in [2.05, 4.69) is 43.7 Å². The van der Waals surface area contributed by atoms with Gasteiger partial charge in [-0.2, -0.15) is 0 Å². The molecule has 1 aliphatic carbocycles. The molecule has 0 saturated carbocycles. The van der Waals surface area contributed by atoms with Crippen molar-refractivity contribution in [1.82, 2.24) is 0 Å². The Morgan fingerprint density at radius 3 is 2.38 bits per heavy atom. The average Bonchev–Trinajstić information content (AvgIpc) is 2.66. The molecule has 0 heterocycles. The minimum atomic E-state index is 0.191. The number of methoxy groups -OCH3 is 1. The third kappa shape index (κ3) is 4.47. The Balaban J connectivity index is 2.30. The van der Waals surface area contributed by atoms with Crippen LogP contribution >= 0.6 is 0 Å². The molecule has 0 aromatic heterocycles. The van der Waals surface area contributed by atoms with Crippen LogP contribution in [0.4, 0.5) is 11.4 Å². The molecule has 26 heavy (non-hydrogen) atoms. The van der Waals surface area contributed by atoms with Crippen LogP contribution in [0.5, 0.6) is 5.75 Å². The third-order valence-corrected chi connectivity index (χ3v) is 4.97. The predicted molar refractivity (Wildman–Crippen MR) is 109 cm³/mol. The van der Waals surface area contributed by atoms with Crippen molar-refractivity contribution in [3.05, 3.63) is 42.2 Å². The predicted octanol–water partition coefficient (Wildman–Crippen LogP) is 2.92. The van der Waals surface area contributed by atoms with Crippen molar-refractivity contribution >= 4 is 17.1 Å². The highest BCUT2D eigenvalue weighted by molar-refractivity contribution is 6.09. The van der Waals surface area contributed by atoms with Crippen LogP contribution in [0.2, 0.25) is 0 Å². The monoisotopic (exact) mass is 358 g/mol. The molecule has 1 unspecified atom stereocenters. The second-order valence-electron chi connectivity index (χ2n) is 6.33. The van der Waals surface area contributed by atoms with Crippen LogP contribution in [0.1, 0.15) is 27.7 Å². The zero-order valence-corrected chi connectivity index (χ0v) is 16.6. The first-order valence-corrected chi connectivity index (χ1v) is 9.53. The molecule has 5 heteroatoms. The van der Waals surface area contributed by atoms with Crippen molar-refractivity contribution in [3.8, 4) is 5.75 Å². The van der Waals surface area contributed by atoms with Crippen molar-refractivity contribution in [2.75, 3.05) is 38.2 Å². The Labute approximate surface area is 157 Å². The van der Waals surface area contributed by atoms with Crippen molar-refractivity contribution < 1.29 is 14.7 Å². The van der Waals surface area contributed by atoms with Gasteiger partial charge in [0.1, 0.15) is 28.9 Å². The Morgan fingerprint density at radius 1 is 1.15 bits per heavy atom. The van der Waals surface area contributed by atoms with Gasteiger partial charge in [-0.25, -0.2) is 4.99 Å². The minimum Gasteiger partial charge on any atom is -0.506 e. The zero-order valence-electron chi connectivity index (χ0n) is 16.6. The molecule has 1 atom stereocenters. The van der Waals surface area contributed by atoms with Crippen molar-refractivity contribution in [3.63, 3.8) is 0 Å². The van der Waals surface area contributed by atoms with E-state index in [1.807, 2.05) is 30.4 Å². The number of benzene rings is 1. The normalized spacial score (nSPS) is 18.3. The van der Waals surface area contributed by atoms with E-state index >= 15 is 0 Å². The van der Waals surface area contributed by atoms with Crippen molar-refractivity contribution in [2.24, 2.45) is 4.99 Å². The van der Waals surface area contributed by atoms with E-state index in [0.29, 0.717) is 11.5 Å². The molecule has 142 valence electrons. The molecule has 0 aliphatic heterocycles. The number of anilines is 1. The molecule has 1 aromatic carbocycles. The maximum Gasteiger partial charge on any atom is 0.146 e. The van der Waals surface area contributed by atoms with Gasteiger partial charge < -0.3 is 19.6 Å². The SMILES string of the molecule is CCN(CC)c1ccc(N=C2C=CC([NH+](CC)CC)C=C2O)c(OC)c1. The molecule has 0 saturated heterocycles. The maximum absolute atomic E-state index is 10.4. The van der Waals surface area contributed by atoms with E-state index in [-0.39, 0.29) is 11.8 Å². The first-order valence-electron chi connectivity index (χ1n) is 9.53. The van der Waals surface area contributed by atoms with Gasteiger partial charge in [0.2, 0.25) is 0 Å². The van der Waals surface area contributed by atoms with Gasteiger partial charge in [0.25, 0.3) is 0 Å². The summed E-state index contributed by atoms with van der Waals surface area (Å²) < 4.78 is 5.53. The van der Waals surface area contributed by atoms with Gasteiger partial charge in [-0.1, -0.05) is 0 Å². The number of hydrogen-bond acceptors (Lipinski definition) is 4. The highest BCUT2D eigenvalue weighted by Gasteiger charge is 2.20. The van der Waals surface area contributed by atoms with Gasteiger partial charge in [0, 0.05) is 30.9 Å². The lowest BCUT2D eigenvalue weighted by Crippen LogP contribution is -3.14. The summed E-state index contributed by atoms with van der Waals surface area (Å²) in [4.78, 5) is 8.30. The summed E-state index contributed by atoms with van der Waals surface area (Å²) in [6, 6.07) is 6.19. The number of hydrogen-bond donors (Lipinski definition) is 2. The number of ether oxygens (including phenoxy) is 1. The summed E-state index contributed by atoms with van der Waals surface area (Å²) in [5.74, 6) is 0.936. The van der Waals surface area contributed by atoms with Gasteiger partial charge in [0.05, 0.1) is 20.2 Å². The number of quaternary nitrogens is 1. The van der Waals surface area contributed by atoms with Gasteiger partial charge in [0.15, 0.2) is 0 Å². The first kappa shape index (κ1) is 20.0. The average molecular weight is 359 g/mol. The molecule has 0 radical (unpaired) electrons. The third-order valence-electron chi connectivity index (χ3n) is 4.97. The molecule has 2 rings (SSSR count). The smallest absolute Gasteiger partial charge is 0.146 e. The molecule has 0 fully saturated rings. The van der Waals surface area contributed by atoms with E-state index in [9.17, 15) is 5.11 Å². The van der Waals surface area contributed by atoms with Crippen LogP contribution in [0.25, 0.3) is 0 Å². The lowest BCUT2D eigenvalue weighted by Gasteiger charge is -2.24. The van der Waals surface area contributed by atoms with Crippen LogP contribution in [-0.2, 0) is 0 Å². The lowest BCUT2D eigenvalue weighted by atomic mass is 10.1. The number of likely N-dealkylation sites (N-methyl/N-ethyl adjacent to an activating group) is 1. The van der Waals surface area contributed by atoms with Crippen LogP contribution in [-0.4, -0.2) is 50.1 Å². The van der Waals surface area contributed by atoms with Crippen LogP contribution in [0, 0.1) is 0 Å². The molecule has 1 aromatic rings. The summed E-state index contributed by atoms with van der Waals surface area (Å²) in [7, 11) is 1.65. The summed E-state index contributed by atoms with van der Waals surface area (Å²) in [6.45, 7) is 12.5. The Hall–Kier alpha value is -2.27. The molecule has 0 amide bonds. The van der Waals surface area contributed by atoms with Gasteiger partial charge in [-0.3, -0.25) is 0 Å². The molecular weight excluding hydrogens is 326 g/mol. The fourth-order valence-corrected chi connectivity index (χ4v) is 3.33. The zero-order chi connectivity index (χ0) is 19.1. The number of aliphatic hydroxyl groups excluding tert-OH is 1. The fraction of sp³-hybridized carbons (Fsp3) is 0.476. The van der Waals surface area contributed by atoms with Gasteiger partial charge in [-0.05, 0) is 52.0 Å². The van der Waals surface area contributed by atoms with E-state index < -0.39 is 0 Å². The molecule has 0 spiro atoms. The highest BCUT2D eigenvalue weighted by Crippen LogP contribution is 2.32. The van der Waals surface area contributed by atoms with Crippen LogP contribution < -0.4 is 14.5 Å². The quantitative estimate of drug-likeness (QED) is 0.751. The highest BCUT2D eigenvalue weighted by atomic mass is 16.5. The van der Waals surface area contributed by atoms with E-state index in [1.165, 1.54) is 4.90 Å². The van der Waals surface area contributed by atoms with Gasteiger partial charge >= 0.3 is 0 Å². The number of nitrogens with zero attached hydrogens (tertiary/aromatic N) is 2. The minimum absolute atomic E-state index is 0.191. The molecule has 0 bridgehead atoms. The van der Waals surface area contributed by atoms with Gasteiger partial charge in [-0.15, -0.1) is 0 Å². The number of aliphatic imine (C=N–C) groups is 1. The van der Waals surface area contributed by atoms with Crippen molar-refractivity contribution in [1.29, 1.82) is 0 Å².